The number of aliphatic hydroxyl groups excluding tert-OH is 1. The van der Waals surface area contributed by atoms with E-state index < -0.39 is 11.5 Å². The maximum Gasteiger partial charge on any atom is 0.309 e. The second-order valence-electron chi connectivity index (χ2n) is 12.0. The van der Waals surface area contributed by atoms with Crippen LogP contribution in [0.15, 0.2) is 42.5 Å². The lowest BCUT2D eigenvalue weighted by Gasteiger charge is -2.30. The van der Waals surface area contributed by atoms with Gasteiger partial charge < -0.3 is 20.5 Å². The van der Waals surface area contributed by atoms with Crippen LogP contribution in [0.25, 0.3) is 0 Å². The average molecular weight is 539 g/mol. The Hall–Kier alpha value is -2.67. The molecule has 0 bridgehead atoms. The van der Waals surface area contributed by atoms with Gasteiger partial charge in [-0.05, 0) is 50.0 Å². The first-order valence-electron chi connectivity index (χ1n) is 15.0. The fourth-order valence-electron chi connectivity index (χ4n) is 6.52. The molecule has 2 amide bonds. The van der Waals surface area contributed by atoms with Gasteiger partial charge in [0.2, 0.25) is 11.8 Å². The maximum absolute atomic E-state index is 13.5. The summed E-state index contributed by atoms with van der Waals surface area (Å²) in [6, 6.07) is 9.70. The van der Waals surface area contributed by atoms with E-state index >= 15 is 0 Å². The van der Waals surface area contributed by atoms with Crippen molar-refractivity contribution in [3.63, 3.8) is 0 Å². The highest BCUT2D eigenvalue weighted by Crippen LogP contribution is 2.30. The number of rotatable bonds is 8. The molecule has 1 aromatic rings. The molecule has 1 aliphatic heterocycles. The summed E-state index contributed by atoms with van der Waals surface area (Å²) in [5.41, 5.74) is 0.531. The zero-order valence-corrected chi connectivity index (χ0v) is 23.2. The van der Waals surface area contributed by atoms with E-state index in [1.54, 1.807) is 0 Å². The molecule has 2 saturated carbocycles. The standard InChI is InChI=1S/C32H46N2O5/c35-23-32(17-9-10-18-32)34-29(36)21-26-15-7-8-16-27(19-24-11-3-1-4-12-24)31(38)39-22-28(33-30(26)37)20-25-13-5-2-6-14-25/h1,3-4,7-8,11-12,25-28,35H,2,5-6,9-10,13-23H2,(H,33,37)(H,34,36)/t26-,27+,28+/m1/s1. The molecule has 4 rings (SSSR count). The minimum absolute atomic E-state index is 0.0707. The van der Waals surface area contributed by atoms with Crippen LogP contribution in [0.4, 0.5) is 0 Å². The van der Waals surface area contributed by atoms with E-state index in [1.165, 1.54) is 19.3 Å². The molecule has 0 radical (unpaired) electrons. The molecule has 0 spiro atoms. The van der Waals surface area contributed by atoms with Gasteiger partial charge >= 0.3 is 5.97 Å². The minimum atomic E-state index is -0.558. The number of carbonyl (C=O) groups excluding carboxylic acids is 3. The summed E-state index contributed by atoms with van der Waals surface area (Å²) >= 11 is 0. The van der Waals surface area contributed by atoms with E-state index in [1.807, 2.05) is 42.5 Å². The topological polar surface area (TPSA) is 105 Å². The van der Waals surface area contributed by atoms with E-state index in [0.29, 0.717) is 25.2 Å². The predicted octanol–water partition coefficient (Wildman–Crippen LogP) is 4.62. The van der Waals surface area contributed by atoms with Crippen LogP contribution >= 0.6 is 0 Å². The first kappa shape index (κ1) is 29.3. The molecule has 0 aromatic heterocycles. The monoisotopic (exact) mass is 538 g/mol. The highest BCUT2D eigenvalue weighted by molar-refractivity contribution is 5.86. The smallest absolute Gasteiger partial charge is 0.309 e. The van der Waals surface area contributed by atoms with Crippen molar-refractivity contribution in [1.29, 1.82) is 0 Å². The fourth-order valence-corrected chi connectivity index (χ4v) is 6.52. The lowest BCUT2D eigenvalue weighted by atomic mass is 9.84. The quantitative estimate of drug-likeness (QED) is 0.331. The lowest BCUT2D eigenvalue weighted by Crippen LogP contribution is -2.50. The Morgan fingerprint density at radius 2 is 1.67 bits per heavy atom. The van der Waals surface area contributed by atoms with Gasteiger partial charge in [-0.2, -0.15) is 0 Å². The normalized spacial score (nSPS) is 26.6. The number of esters is 1. The second-order valence-corrected chi connectivity index (χ2v) is 12.0. The fraction of sp³-hybridized carbons (Fsp3) is 0.656. The first-order chi connectivity index (χ1) is 19.0. The van der Waals surface area contributed by atoms with Crippen LogP contribution in [0, 0.1) is 17.8 Å². The summed E-state index contributed by atoms with van der Waals surface area (Å²) in [4.78, 5) is 39.7. The molecule has 2 fully saturated rings. The van der Waals surface area contributed by atoms with Gasteiger partial charge in [0.1, 0.15) is 6.61 Å². The van der Waals surface area contributed by atoms with Crippen LogP contribution < -0.4 is 10.6 Å². The van der Waals surface area contributed by atoms with E-state index in [-0.39, 0.29) is 49.4 Å². The van der Waals surface area contributed by atoms with Crippen LogP contribution in [0.3, 0.4) is 0 Å². The van der Waals surface area contributed by atoms with Crippen LogP contribution in [-0.2, 0) is 25.5 Å². The molecule has 1 heterocycles. The highest BCUT2D eigenvalue weighted by Gasteiger charge is 2.36. The van der Waals surface area contributed by atoms with Crippen molar-refractivity contribution in [2.24, 2.45) is 17.8 Å². The Balaban J connectivity index is 1.48. The molecule has 0 unspecified atom stereocenters. The predicted molar refractivity (Wildman–Crippen MR) is 151 cm³/mol. The molecule has 2 aliphatic carbocycles. The summed E-state index contributed by atoms with van der Waals surface area (Å²) in [6.07, 6.45) is 15.7. The van der Waals surface area contributed by atoms with Crippen molar-refractivity contribution >= 4 is 17.8 Å². The molecule has 3 aliphatic rings. The summed E-state index contributed by atoms with van der Waals surface area (Å²) in [5, 5.41) is 16.1. The molecule has 3 N–H and O–H groups in total. The van der Waals surface area contributed by atoms with Crippen LogP contribution in [0.5, 0.6) is 0 Å². The average Bonchev–Trinajstić information content (AvgIpc) is 3.41. The molecule has 214 valence electrons. The minimum Gasteiger partial charge on any atom is -0.463 e. The van der Waals surface area contributed by atoms with E-state index in [0.717, 1.165) is 50.5 Å². The number of allylic oxidation sites excluding steroid dienone is 2. The third-order valence-electron chi connectivity index (χ3n) is 8.85. The summed E-state index contributed by atoms with van der Waals surface area (Å²) in [5.74, 6) is -0.906. The van der Waals surface area contributed by atoms with E-state index in [9.17, 15) is 19.5 Å². The van der Waals surface area contributed by atoms with Crippen molar-refractivity contribution in [2.45, 2.75) is 101 Å². The molecule has 7 nitrogen and oxygen atoms in total. The van der Waals surface area contributed by atoms with Gasteiger partial charge in [-0.15, -0.1) is 0 Å². The van der Waals surface area contributed by atoms with Crippen molar-refractivity contribution in [3.8, 4) is 0 Å². The third kappa shape index (κ3) is 8.92. The Labute approximate surface area is 233 Å². The van der Waals surface area contributed by atoms with Gasteiger partial charge in [0.15, 0.2) is 0 Å². The molecule has 1 aromatic carbocycles. The number of benzene rings is 1. The number of cyclic esters (lactones) is 1. The molecule has 7 heteroatoms. The third-order valence-corrected chi connectivity index (χ3v) is 8.85. The number of nitrogens with one attached hydrogen (secondary N) is 2. The number of ether oxygens (including phenoxy) is 1. The maximum atomic E-state index is 13.5. The Kier molecular flexibility index (Phi) is 11.0. The SMILES string of the molecule is O=C(C[C@H]1CC=CC[C@@H](Cc2ccccc2)C(=O)OC[C@H](CC2CCCCC2)NC1=O)NC1(CO)CCCC1. The van der Waals surface area contributed by atoms with Crippen molar-refractivity contribution in [1.82, 2.24) is 10.6 Å². The zero-order chi connectivity index (χ0) is 27.5. The number of hydrogen-bond donors (Lipinski definition) is 3. The van der Waals surface area contributed by atoms with Gasteiger partial charge in [-0.3, -0.25) is 14.4 Å². The number of amides is 2. The van der Waals surface area contributed by atoms with E-state index in [2.05, 4.69) is 10.6 Å². The lowest BCUT2D eigenvalue weighted by molar-refractivity contribution is -0.150. The molecule has 3 atom stereocenters. The first-order valence-corrected chi connectivity index (χ1v) is 15.0. The Bertz CT molecular complexity index is 966. The Morgan fingerprint density at radius 3 is 2.36 bits per heavy atom. The van der Waals surface area contributed by atoms with Gasteiger partial charge in [0, 0.05) is 6.42 Å². The van der Waals surface area contributed by atoms with Gasteiger partial charge in [-0.25, -0.2) is 0 Å². The molecule has 0 saturated heterocycles. The number of carbonyl (C=O) groups is 3. The molecular formula is C32H46N2O5. The largest absolute Gasteiger partial charge is 0.463 e. The summed E-state index contributed by atoms with van der Waals surface area (Å²) in [6.45, 7) is 0.0791. The second kappa shape index (κ2) is 14.6. The Morgan fingerprint density at radius 1 is 0.974 bits per heavy atom. The van der Waals surface area contributed by atoms with E-state index in [4.69, 9.17) is 4.74 Å². The highest BCUT2D eigenvalue weighted by atomic mass is 16.5. The van der Waals surface area contributed by atoms with Crippen molar-refractivity contribution in [3.05, 3.63) is 48.0 Å². The number of aliphatic hydroxyl groups is 1. The number of hydrogen-bond acceptors (Lipinski definition) is 5. The van der Waals surface area contributed by atoms with Gasteiger partial charge in [0.05, 0.1) is 30.0 Å². The zero-order valence-electron chi connectivity index (χ0n) is 23.2. The van der Waals surface area contributed by atoms with Gasteiger partial charge in [0.25, 0.3) is 0 Å². The van der Waals surface area contributed by atoms with Crippen LogP contribution in [0.2, 0.25) is 0 Å². The van der Waals surface area contributed by atoms with Crippen molar-refractivity contribution in [2.75, 3.05) is 13.2 Å². The van der Waals surface area contributed by atoms with Gasteiger partial charge in [-0.1, -0.05) is 87.4 Å². The molecule has 39 heavy (non-hydrogen) atoms. The molecular weight excluding hydrogens is 492 g/mol. The van der Waals surface area contributed by atoms with Crippen LogP contribution in [0.1, 0.15) is 89.0 Å². The summed E-state index contributed by atoms with van der Waals surface area (Å²) < 4.78 is 5.84. The van der Waals surface area contributed by atoms with Crippen LogP contribution in [-0.4, -0.2) is 47.7 Å². The van der Waals surface area contributed by atoms with Crippen molar-refractivity contribution < 1.29 is 24.2 Å². The summed E-state index contributed by atoms with van der Waals surface area (Å²) in [7, 11) is 0.